The summed E-state index contributed by atoms with van der Waals surface area (Å²) >= 11 is 1.54. The average Bonchev–Trinajstić information content (AvgIpc) is 3.20. The molecule has 1 aliphatic heterocycles. The lowest BCUT2D eigenvalue weighted by atomic mass is 9.79. The molecule has 0 atom stereocenters. The first kappa shape index (κ1) is 20.5. The minimum Gasteiger partial charge on any atom is -0.379 e. The number of hydrogen-bond acceptors (Lipinski definition) is 6. The van der Waals surface area contributed by atoms with Crippen LogP contribution in [0.2, 0.25) is 0 Å². The van der Waals surface area contributed by atoms with Gasteiger partial charge in [0.05, 0.1) is 24.9 Å². The molecular formula is C21H30N4O3S. The van der Waals surface area contributed by atoms with Crippen LogP contribution in [-0.4, -0.2) is 58.7 Å². The molecule has 2 fully saturated rings. The molecule has 1 saturated carbocycles. The number of thiophene rings is 1. The summed E-state index contributed by atoms with van der Waals surface area (Å²) in [6, 6.07) is 1.90. The Morgan fingerprint density at radius 3 is 2.76 bits per heavy atom. The van der Waals surface area contributed by atoms with Crippen LogP contribution in [-0.2, 0) is 22.5 Å². The van der Waals surface area contributed by atoms with Crippen LogP contribution in [0, 0.1) is 0 Å². The normalized spacial score (nSPS) is 20.0. The van der Waals surface area contributed by atoms with E-state index in [1.807, 2.05) is 6.07 Å². The predicted octanol–water partition coefficient (Wildman–Crippen LogP) is 2.17. The second kappa shape index (κ2) is 8.93. The van der Waals surface area contributed by atoms with Crippen LogP contribution >= 0.6 is 11.3 Å². The minimum absolute atomic E-state index is 0.0122. The maximum Gasteiger partial charge on any atom is 0.262 e. The number of nitrogens with one attached hydrogen (secondary N) is 1. The van der Waals surface area contributed by atoms with E-state index in [-0.39, 0.29) is 23.6 Å². The summed E-state index contributed by atoms with van der Waals surface area (Å²) in [7, 11) is 0. The highest BCUT2D eigenvalue weighted by molar-refractivity contribution is 7.18. The Labute approximate surface area is 175 Å². The van der Waals surface area contributed by atoms with Crippen LogP contribution in [0.25, 0.3) is 10.2 Å². The molecule has 158 valence electrons. The lowest BCUT2D eigenvalue weighted by Gasteiger charge is -2.48. The second-order valence-corrected chi connectivity index (χ2v) is 9.24. The van der Waals surface area contributed by atoms with Gasteiger partial charge in [0.25, 0.3) is 5.56 Å². The SMILES string of the molecule is CCc1cc2c(=O)n(CC(=O)NCC3(N4CCOCC4)CCCCC3)cnc2s1. The maximum atomic E-state index is 12.7. The fraction of sp³-hybridized carbons (Fsp3) is 0.667. The Kier molecular flexibility index (Phi) is 6.32. The molecule has 0 unspecified atom stereocenters. The van der Waals surface area contributed by atoms with Gasteiger partial charge in [-0.05, 0) is 25.3 Å². The Balaban J connectivity index is 1.44. The molecule has 1 saturated heterocycles. The number of hydrogen-bond donors (Lipinski definition) is 1. The van der Waals surface area contributed by atoms with Gasteiger partial charge in [-0.1, -0.05) is 26.2 Å². The van der Waals surface area contributed by atoms with Crippen molar-refractivity contribution in [2.75, 3.05) is 32.8 Å². The third-order valence-corrected chi connectivity index (χ3v) is 7.50. The van der Waals surface area contributed by atoms with Crippen LogP contribution in [0.1, 0.15) is 43.9 Å². The molecule has 7 nitrogen and oxygen atoms in total. The van der Waals surface area contributed by atoms with Gasteiger partial charge in [-0.15, -0.1) is 11.3 Å². The molecule has 1 amide bonds. The zero-order valence-electron chi connectivity index (χ0n) is 17.1. The van der Waals surface area contributed by atoms with Gasteiger partial charge in [-0.25, -0.2) is 4.98 Å². The molecule has 29 heavy (non-hydrogen) atoms. The van der Waals surface area contributed by atoms with E-state index >= 15 is 0 Å². The van der Waals surface area contributed by atoms with Crippen molar-refractivity contribution in [3.05, 3.63) is 27.6 Å². The monoisotopic (exact) mass is 418 g/mol. The number of carbonyl (C=O) groups excluding carboxylic acids is 1. The number of aryl methyl sites for hydroxylation is 1. The van der Waals surface area contributed by atoms with Gasteiger partial charge in [0.15, 0.2) is 0 Å². The van der Waals surface area contributed by atoms with Crippen molar-refractivity contribution >= 4 is 27.5 Å². The second-order valence-electron chi connectivity index (χ2n) is 8.12. The first-order chi connectivity index (χ1) is 14.1. The highest BCUT2D eigenvalue weighted by Gasteiger charge is 2.38. The van der Waals surface area contributed by atoms with Crippen LogP contribution in [0.15, 0.2) is 17.2 Å². The van der Waals surface area contributed by atoms with Gasteiger partial charge in [0, 0.05) is 30.1 Å². The molecule has 4 rings (SSSR count). The van der Waals surface area contributed by atoms with E-state index in [9.17, 15) is 9.59 Å². The van der Waals surface area contributed by atoms with Crippen LogP contribution in [0.3, 0.4) is 0 Å². The van der Waals surface area contributed by atoms with E-state index in [4.69, 9.17) is 4.74 Å². The van der Waals surface area contributed by atoms with Crippen molar-refractivity contribution in [3.8, 4) is 0 Å². The standard InChI is InChI=1S/C21H30N4O3S/c1-2-16-12-17-19(29-16)23-15-24(20(17)27)13-18(26)22-14-21(6-4-3-5-7-21)25-8-10-28-11-9-25/h12,15H,2-11,13-14H2,1H3,(H,22,26). The van der Waals surface area contributed by atoms with E-state index in [2.05, 4.69) is 22.1 Å². The van der Waals surface area contributed by atoms with E-state index in [1.54, 1.807) is 11.3 Å². The van der Waals surface area contributed by atoms with Gasteiger partial charge < -0.3 is 10.1 Å². The van der Waals surface area contributed by atoms with Crippen LogP contribution in [0.4, 0.5) is 0 Å². The van der Waals surface area contributed by atoms with Gasteiger partial charge in [0.1, 0.15) is 11.4 Å². The van der Waals surface area contributed by atoms with Crippen LogP contribution < -0.4 is 10.9 Å². The Hall–Kier alpha value is -1.77. The molecule has 2 aromatic rings. The van der Waals surface area contributed by atoms with Crippen molar-refractivity contribution in [2.45, 2.75) is 57.5 Å². The fourth-order valence-corrected chi connectivity index (χ4v) is 5.55. The molecule has 0 aromatic carbocycles. The highest BCUT2D eigenvalue weighted by Crippen LogP contribution is 2.33. The summed E-state index contributed by atoms with van der Waals surface area (Å²) in [6.45, 7) is 6.08. The molecule has 0 radical (unpaired) electrons. The number of morpholine rings is 1. The number of nitrogens with zero attached hydrogens (tertiary/aromatic N) is 3. The quantitative estimate of drug-likeness (QED) is 0.778. The maximum absolute atomic E-state index is 12.7. The smallest absolute Gasteiger partial charge is 0.262 e. The first-order valence-corrected chi connectivity index (χ1v) is 11.5. The fourth-order valence-electron chi connectivity index (χ4n) is 4.62. The number of ether oxygens (including phenoxy) is 1. The number of fused-ring (bicyclic) bond motifs is 1. The first-order valence-electron chi connectivity index (χ1n) is 10.7. The molecular weight excluding hydrogens is 388 g/mol. The van der Waals surface area contributed by atoms with E-state index < -0.39 is 0 Å². The lowest BCUT2D eigenvalue weighted by Crippen LogP contribution is -2.59. The third-order valence-electron chi connectivity index (χ3n) is 6.31. The van der Waals surface area contributed by atoms with E-state index in [1.165, 1.54) is 30.2 Å². The van der Waals surface area contributed by atoms with Crippen molar-refractivity contribution < 1.29 is 9.53 Å². The van der Waals surface area contributed by atoms with Crippen molar-refractivity contribution in [2.24, 2.45) is 0 Å². The lowest BCUT2D eigenvalue weighted by molar-refractivity contribution is -0.123. The van der Waals surface area contributed by atoms with Crippen LogP contribution in [0.5, 0.6) is 0 Å². The molecule has 3 heterocycles. The van der Waals surface area contributed by atoms with Gasteiger partial charge in [-0.2, -0.15) is 0 Å². The van der Waals surface area contributed by atoms with Gasteiger partial charge in [-0.3, -0.25) is 19.1 Å². The Morgan fingerprint density at radius 2 is 2.03 bits per heavy atom. The largest absolute Gasteiger partial charge is 0.379 e. The summed E-state index contributed by atoms with van der Waals surface area (Å²) in [5.41, 5.74) is -0.115. The Bertz CT molecular complexity index is 910. The summed E-state index contributed by atoms with van der Waals surface area (Å²) in [6.07, 6.45) is 8.26. The number of rotatable bonds is 6. The highest BCUT2D eigenvalue weighted by atomic mass is 32.1. The zero-order chi connectivity index (χ0) is 20.3. The molecule has 2 aromatic heterocycles. The summed E-state index contributed by atoms with van der Waals surface area (Å²) < 4.78 is 6.95. The summed E-state index contributed by atoms with van der Waals surface area (Å²) in [4.78, 5) is 34.2. The zero-order valence-corrected chi connectivity index (χ0v) is 17.9. The number of carbonyl (C=O) groups is 1. The predicted molar refractivity (Wildman–Crippen MR) is 114 cm³/mol. The van der Waals surface area contributed by atoms with Gasteiger partial charge >= 0.3 is 0 Å². The molecule has 8 heteroatoms. The molecule has 1 N–H and O–H groups in total. The Morgan fingerprint density at radius 1 is 1.28 bits per heavy atom. The topological polar surface area (TPSA) is 76.5 Å². The van der Waals surface area contributed by atoms with Crippen molar-refractivity contribution in [1.29, 1.82) is 0 Å². The molecule has 1 aliphatic carbocycles. The average molecular weight is 419 g/mol. The minimum atomic E-state index is -0.137. The molecule has 0 bridgehead atoms. The van der Waals surface area contributed by atoms with Crippen molar-refractivity contribution in [3.63, 3.8) is 0 Å². The number of amides is 1. The van der Waals surface area contributed by atoms with E-state index in [0.29, 0.717) is 11.9 Å². The summed E-state index contributed by atoms with van der Waals surface area (Å²) in [5.74, 6) is -0.127. The molecule has 0 spiro atoms. The third kappa shape index (κ3) is 4.39. The van der Waals surface area contributed by atoms with E-state index in [0.717, 1.165) is 55.3 Å². The number of aromatic nitrogens is 2. The summed E-state index contributed by atoms with van der Waals surface area (Å²) in [5, 5.41) is 3.73. The van der Waals surface area contributed by atoms with Gasteiger partial charge in [0.2, 0.25) is 5.91 Å². The molecule has 2 aliphatic rings. The van der Waals surface area contributed by atoms with Crippen molar-refractivity contribution in [1.82, 2.24) is 19.8 Å².